The zero-order chi connectivity index (χ0) is 15.5. The van der Waals surface area contributed by atoms with Gasteiger partial charge in [-0.3, -0.25) is 4.79 Å². The molecular weight excluding hydrogens is 299 g/mol. The Labute approximate surface area is 122 Å². The summed E-state index contributed by atoms with van der Waals surface area (Å²) in [6.45, 7) is 2.14. The highest BCUT2D eigenvalue weighted by Crippen LogP contribution is 2.13. The van der Waals surface area contributed by atoms with Crippen LogP contribution in [0.25, 0.3) is 0 Å². The minimum Gasteiger partial charge on any atom is -0.379 e. The normalized spacial score (nSPS) is 18.7. The molecule has 1 heterocycles. The number of hydrogen-bond acceptors (Lipinski definition) is 4. The Morgan fingerprint density at radius 1 is 1.48 bits per heavy atom. The van der Waals surface area contributed by atoms with Crippen LogP contribution in [0.2, 0.25) is 0 Å². The number of nitrogens with one attached hydrogen (secondary N) is 2. The molecule has 1 aromatic carbocycles. The van der Waals surface area contributed by atoms with Crippen LogP contribution in [-0.4, -0.2) is 40.1 Å². The Kier molecular flexibility index (Phi) is 4.92. The molecule has 8 heteroatoms. The summed E-state index contributed by atoms with van der Waals surface area (Å²) in [5.74, 6) is -0.902. The molecule has 6 nitrogen and oxygen atoms in total. The molecule has 0 unspecified atom stereocenters. The van der Waals surface area contributed by atoms with Crippen LogP contribution < -0.4 is 10.0 Å². The van der Waals surface area contributed by atoms with E-state index in [1.165, 1.54) is 13.0 Å². The lowest BCUT2D eigenvalue weighted by Crippen LogP contribution is -2.42. The highest BCUT2D eigenvalue weighted by Gasteiger charge is 2.20. The number of amides is 1. The number of carbonyl (C=O) groups is 1. The van der Waals surface area contributed by atoms with Crippen molar-refractivity contribution in [2.45, 2.75) is 24.3 Å². The van der Waals surface area contributed by atoms with Crippen LogP contribution in [0.4, 0.5) is 4.39 Å². The van der Waals surface area contributed by atoms with Crippen molar-refractivity contribution >= 4 is 15.9 Å². The summed E-state index contributed by atoms with van der Waals surface area (Å²) in [6, 6.07) is 3.39. The topological polar surface area (TPSA) is 84.5 Å². The van der Waals surface area contributed by atoms with Gasteiger partial charge in [-0.15, -0.1) is 0 Å². The molecule has 1 saturated heterocycles. The summed E-state index contributed by atoms with van der Waals surface area (Å²) >= 11 is 0. The van der Waals surface area contributed by atoms with Crippen molar-refractivity contribution in [2.75, 3.05) is 19.8 Å². The number of hydrogen-bond donors (Lipinski definition) is 2. The molecule has 1 aromatic rings. The third-order valence-corrected chi connectivity index (χ3v) is 4.56. The fourth-order valence-corrected chi connectivity index (χ4v) is 3.02. The van der Waals surface area contributed by atoms with E-state index in [0.29, 0.717) is 13.2 Å². The summed E-state index contributed by atoms with van der Waals surface area (Å²) in [5.41, 5.74) is 0.227. The number of halogens is 1. The molecule has 0 aliphatic carbocycles. The van der Waals surface area contributed by atoms with Gasteiger partial charge in [0.15, 0.2) is 0 Å². The lowest BCUT2D eigenvalue weighted by Gasteiger charge is -2.11. The number of benzene rings is 1. The second kappa shape index (κ2) is 6.50. The molecule has 0 aromatic heterocycles. The van der Waals surface area contributed by atoms with Gasteiger partial charge in [0.1, 0.15) is 5.82 Å². The average Bonchev–Trinajstić information content (AvgIpc) is 2.92. The number of sulfonamides is 1. The molecule has 1 atom stereocenters. The highest BCUT2D eigenvalue weighted by molar-refractivity contribution is 7.89. The number of aryl methyl sites for hydroxylation is 1. The van der Waals surface area contributed by atoms with Crippen molar-refractivity contribution in [3.63, 3.8) is 0 Å². The van der Waals surface area contributed by atoms with Gasteiger partial charge in [0.25, 0.3) is 0 Å². The monoisotopic (exact) mass is 316 g/mol. The van der Waals surface area contributed by atoms with E-state index < -0.39 is 21.7 Å². The quantitative estimate of drug-likeness (QED) is 0.819. The molecule has 0 spiro atoms. The Morgan fingerprint density at radius 3 is 2.86 bits per heavy atom. The van der Waals surface area contributed by atoms with E-state index in [1.807, 2.05) is 0 Å². The molecule has 1 aliphatic rings. The van der Waals surface area contributed by atoms with E-state index >= 15 is 0 Å². The number of rotatable bonds is 5. The number of ether oxygens (including phenoxy) is 1. The van der Waals surface area contributed by atoms with Crippen molar-refractivity contribution in [2.24, 2.45) is 0 Å². The van der Waals surface area contributed by atoms with Crippen LogP contribution in [0, 0.1) is 12.7 Å². The van der Waals surface area contributed by atoms with E-state index in [0.717, 1.165) is 18.6 Å². The Morgan fingerprint density at radius 2 is 2.24 bits per heavy atom. The van der Waals surface area contributed by atoms with E-state index in [4.69, 9.17) is 4.74 Å². The summed E-state index contributed by atoms with van der Waals surface area (Å²) in [4.78, 5) is 11.6. The summed E-state index contributed by atoms with van der Waals surface area (Å²) < 4.78 is 44.4. The van der Waals surface area contributed by atoms with Crippen molar-refractivity contribution in [3.8, 4) is 0 Å². The second-order valence-corrected chi connectivity index (χ2v) is 6.63. The maximum absolute atomic E-state index is 13.1. The van der Waals surface area contributed by atoms with Gasteiger partial charge in [0.2, 0.25) is 15.9 Å². The van der Waals surface area contributed by atoms with E-state index in [1.54, 1.807) is 0 Å². The fourth-order valence-electron chi connectivity index (χ4n) is 1.96. The minimum absolute atomic E-state index is 0.0709. The fraction of sp³-hybridized carbons (Fsp3) is 0.462. The van der Waals surface area contributed by atoms with Crippen LogP contribution in [0.15, 0.2) is 23.1 Å². The zero-order valence-corrected chi connectivity index (χ0v) is 12.4. The SMILES string of the molecule is Cc1cc(S(=O)(=O)NCC(=O)N[C@H]2CCOC2)ccc1F. The molecule has 2 N–H and O–H groups in total. The zero-order valence-electron chi connectivity index (χ0n) is 11.6. The third-order valence-electron chi connectivity index (χ3n) is 3.16. The van der Waals surface area contributed by atoms with Crippen LogP contribution >= 0.6 is 0 Å². The molecule has 1 fully saturated rings. The third kappa shape index (κ3) is 4.23. The van der Waals surface area contributed by atoms with Crippen molar-refractivity contribution < 1.29 is 22.3 Å². The van der Waals surface area contributed by atoms with E-state index in [2.05, 4.69) is 10.0 Å². The first-order chi connectivity index (χ1) is 9.88. The van der Waals surface area contributed by atoms with Gasteiger partial charge in [-0.25, -0.2) is 17.5 Å². The molecule has 0 bridgehead atoms. The molecular formula is C13H17FN2O4S. The smallest absolute Gasteiger partial charge is 0.241 e. The first-order valence-corrected chi connectivity index (χ1v) is 8.00. The van der Waals surface area contributed by atoms with Gasteiger partial charge in [-0.05, 0) is 37.1 Å². The van der Waals surface area contributed by atoms with E-state index in [9.17, 15) is 17.6 Å². The molecule has 116 valence electrons. The highest BCUT2D eigenvalue weighted by atomic mass is 32.2. The summed E-state index contributed by atoms with van der Waals surface area (Å²) in [5, 5.41) is 2.67. The molecule has 0 saturated carbocycles. The summed E-state index contributed by atoms with van der Waals surface area (Å²) in [7, 11) is -3.84. The molecule has 21 heavy (non-hydrogen) atoms. The van der Waals surface area contributed by atoms with Crippen molar-refractivity contribution in [1.29, 1.82) is 0 Å². The largest absolute Gasteiger partial charge is 0.379 e. The Balaban J connectivity index is 1.94. The second-order valence-electron chi connectivity index (χ2n) is 4.86. The van der Waals surface area contributed by atoms with E-state index in [-0.39, 0.29) is 23.0 Å². The van der Waals surface area contributed by atoms with Crippen molar-refractivity contribution in [1.82, 2.24) is 10.0 Å². The van der Waals surface area contributed by atoms with Crippen LogP contribution in [0.3, 0.4) is 0 Å². The molecule has 1 amide bonds. The average molecular weight is 316 g/mol. The minimum atomic E-state index is -3.84. The van der Waals surface area contributed by atoms with Gasteiger partial charge >= 0.3 is 0 Å². The van der Waals surface area contributed by atoms with Gasteiger partial charge in [-0.1, -0.05) is 0 Å². The molecule has 0 radical (unpaired) electrons. The maximum Gasteiger partial charge on any atom is 0.241 e. The van der Waals surface area contributed by atoms with Gasteiger partial charge in [-0.2, -0.15) is 0 Å². The van der Waals surface area contributed by atoms with Gasteiger partial charge in [0, 0.05) is 6.61 Å². The van der Waals surface area contributed by atoms with Gasteiger partial charge in [0.05, 0.1) is 24.1 Å². The molecule has 1 aliphatic heterocycles. The van der Waals surface area contributed by atoms with Crippen LogP contribution in [0.5, 0.6) is 0 Å². The van der Waals surface area contributed by atoms with Crippen LogP contribution in [-0.2, 0) is 19.6 Å². The van der Waals surface area contributed by atoms with Gasteiger partial charge < -0.3 is 10.1 Å². The maximum atomic E-state index is 13.1. The first-order valence-electron chi connectivity index (χ1n) is 6.51. The molecule has 2 rings (SSSR count). The standard InChI is InChI=1S/C13H17FN2O4S/c1-9-6-11(2-3-12(9)14)21(18,19)15-7-13(17)16-10-4-5-20-8-10/h2-3,6,10,15H,4-5,7-8H2,1H3,(H,16,17)/t10-/m0/s1. The van der Waals surface area contributed by atoms with Crippen LogP contribution in [0.1, 0.15) is 12.0 Å². The van der Waals surface area contributed by atoms with Crippen molar-refractivity contribution in [3.05, 3.63) is 29.6 Å². The Hall–Kier alpha value is -1.51. The number of carbonyl (C=O) groups excluding carboxylic acids is 1. The predicted molar refractivity (Wildman–Crippen MR) is 73.7 cm³/mol. The lowest BCUT2D eigenvalue weighted by atomic mass is 10.2. The Bertz CT molecular complexity index is 627. The summed E-state index contributed by atoms with van der Waals surface area (Å²) in [6.07, 6.45) is 0.718. The first kappa shape index (κ1) is 15.9. The lowest BCUT2D eigenvalue weighted by molar-refractivity contribution is -0.120. The predicted octanol–water partition coefficient (Wildman–Crippen LogP) is 0.318.